The molecule has 0 unspecified atom stereocenters. The van der Waals surface area contributed by atoms with E-state index in [4.69, 9.17) is 10.5 Å². The van der Waals surface area contributed by atoms with Gasteiger partial charge in [-0.1, -0.05) is 0 Å². The molecule has 1 aliphatic heterocycles. The van der Waals surface area contributed by atoms with E-state index in [-0.39, 0.29) is 6.73 Å². The van der Waals surface area contributed by atoms with Gasteiger partial charge in [0, 0.05) is 38.0 Å². The second kappa shape index (κ2) is 5.63. The lowest BCUT2D eigenvalue weighted by atomic mass is 10.3. The predicted octanol–water partition coefficient (Wildman–Crippen LogP) is 0.135. The first-order chi connectivity index (χ1) is 7.17. The first kappa shape index (κ1) is 11.9. The summed E-state index contributed by atoms with van der Waals surface area (Å²) in [4.78, 5) is 7.97. The van der Waals surface area contributed by atoms with Crippen molar-refractivity contribution in [1.82, 2.24) is 9.80 Å². The summed E-state index contributed by atoms with van der Waals surface area (Å²) >= 11 is 0. The summed E-state index contributed by atoms with van der Waals surface area (Å²) in [6, 6.07) is 0. The highest BCUT2D eigenvalue weighted by Gasteiger charge is 2.17. The highest BCUT2D eigenvalue weighted by Crippen LogP contribution is 2.09. The number of nitrogens with zero attached hydrogens (tertiary/aromatic N) is 3. The van der Waals surface area contributed by atoms with Gasteiger partial charge in [-0.15, -0.1) is 0 Å². The van der Waals surface area contributed by atoms with Gasteiger partial charge in [-0.2, -0.15) is 0 Å². The highest BCUT2D eigenvalue weighted by molar-refractivity contribution is 5.90. The van der Waals surface area contributed by atoms with Crippen LogP contribution in [0, 0.1) is 5.41 Å². The maximum Gasteiger partial charge on any atom is 0.129 e. The molecule has 1 heterocycles. The van der Waals surface area contributed by atoms with Gasteiger partial charge >= 0.3 is 0 Å². The molecule has 84 valence electrons. The molecule has 0 aromatic rings. The number of rotatable bonds is 4. The van der Waals surface area contributed by atoms with Crippen LogP contribution in [0.4, 0.5) is 0 Å². The van der Waals surface area contributed by atoms with Crippen molar-refractivity contribution in [3.05, 3.63) is 11.9 Å². The molecule has 1 rings (SSSR count). The molecule has 1 aliphatic rings. The summed E-state index contributed by atoms with van der Waals surface area (Å²) in [5.41, 5.74) is 0.474. The quantitative estimate of drug-likeness (QED) is 0.649. The number of aliphatic hydroxyl groups excluding tert-OH is 1. The van der Waals surface area contributed by atoms with Gasteiger partial charge in [0.1, 0.15) is 5.82 Å². The lowest BCUT2D eigenvalue weighted by Gasteiger charge is -2.34. The lowest BCUT2D eigenvalue weighted by molar-refractivity contribution is 0.0649. The Balaban J connectivity index is 2.57. The van der Waals surface area contributed by atoms with E-state index in [1.807, 2.05) is 4.90 Å². The molecule has 0 aromatic heterocycles. The number of piperazine rings is 1. The van der Waals surface area contributed by atoms with Crippen molar-refractivity contribution in [2.24, 2.45) is 4.99 Å². The average molecular weight is 210 g/mol. The van der Waals surface area contributed by atoms with Crippen LogP contribution >= 0.6 is 0 Å². The smallest absolute Gasteiger partial charge is 0.129 e. The van der Waals surface area contributed by atoms with E-state index in [1.54, 1.807) is 13.0 Å². The zero-order valence-corrected chi connectivity index (χ0v) is 9.11. The van der Waals surface area contributed by atoms with Crippen LogP contribution in [0.5, 0.6) is 0 Å². The third-order valence-corrected chi connectivity index (χ3v) is 2.40. The highest BCUT2D eigenvalue weighted by atomic mass is 16.3. The van der Waals surface area contributed by atoms with Crippen LogP contribution in [-0.2, 0) is 0 Å². The van der Waals surface area contributed by atoms with Gasteiger partial charge < -0.3 is 15.4 Å². The average Bonchev–Trinajstić information content (AvgIpc) is 2.26. The van der Waals surface area contributed by atoms with Gasteiger partial charge in [-0.05, 0) is 13.6 Å². The van der Waals surface area contributed by atoms with Crippen molar-refractivity contribution in [3.8, 4) is 0 Å². The SMILES string of the molecule is C=N/C(=C\C(C)=N)N1CCN(CO)CC1. The lowest BCUT2D eigenvalue weighted by Crippen LogP contribution is -2.45. The van der Waals surface area contributed by atoms with Crippen molar-refractivity contribution >= 4 is 12.4 Å². The molecule has 0 spiro atoms. The second-order valence-electron chi connectivity index (χ2n) is 3.59. The van der Waals surface area contributed by atoms with Gasteiger partial charge in [0.15, 0.2) is 0 Å². The molecule has 0 saturated carbocycles. The molecule has 15 heavy (non-hydrogen) atoms. The molecule has 0 amide bonds. The molecule has 0 radical (unpaired) electrons. The summed E-state index contributed by atoms with van der Waals surface area (Å²) in [5, 5.41) is 16.3. The first-order valence-electron chi connectivity index (χ1n) is 4.99. The zero-order chi connectivity index (χ0) is 11.3. The van der Waals surface area contributed by atoms with Crippen molar-refractivity contribution in [2.75, 3.05) is 32.9 Å². The van der Waals surface area contributed by atoms with Crippen LogP contribution in [0.3, 0.4) is 0 Å². The zero-order valence-electron chi connectivity index (χ0n) is 9.11. The molecule has 0 aliphatic carbocycles. The van der Waals surface area contributed by atoms with E-state index in [9.17, 15) is 0 Å². The van der Waals surface area contributed by atoms with Crippen molar-refractivity contribution in [3.63, 3.8) is 0 Å². The van der Waals surface area contributed by atoms with Crippen molar-refractivity contribution in [2.45, 2.75) is 6.92 Å². The Hall–Kier alpha value is -1.20. The summed E-state index contributed by atoms with van der Waals surface area (Å²) < 4.78 is 0. The van der Waals surface area contributed by atoms with Crippen LogP contribution in [0.1, 0.15) is 6.92 Å². The minimum Gasteiger partial charge on any atom is -0.381 e. The van der Waals surface area contributed by atoms with Gasteiger partial charge in [0.05, 0.1) is 6.73 Å². The monoisotopic (exact) mass is 210 g/mol. The standard InChI is InChI=1S/C10H18N4O/c1-9(11)7-10(12-2)14-5-3-13(8-15)4-6-14/h7,11,15H,2-6,8H2,1H3/b10-7+,11-9?. The minimum atomic E-state index is 0.109. The summed E-state index contributed by atoms with van der Waals surface area (Å²) in [7, 11) is 0. The van der Waals surface area contributed by atoms with Crippen LogP contribution in [0.2, 0.25) is 0 Å². The number of allylic oxidation sites excluding steroid dienone is 1. The third kappa shape index (κ3) is 3.45. The Morgan fingerprint density at radius 3 is 2.47 bits per heavy atom. The molecule has 0 bridgehead atoms. The normalized spacial score (nSPS) is 19.1. The minimum absolute atomic E-state index is 0.109. The molecular weight excluding hydrogens is 192 g/mol. The van der Waals surface area contributed by atoms with Crippen LogP contribution in [-0.4, -0.2) is 60.2 Å². The number of aliphatic hydroxyl groups is 1. The Morgan fingerprint density at radius 1 is 1.47 bits per heavy atom. The van der Waals surface area contributed by atoms with E-state index in [0.717, 1.165) is 32.0 Å². The van der Waals surface area contributed by atoms with E-state index in [1.165, 1.54) is 0 Å². The fourth-order valence-electron chi connectivity index (χ4n) is 1.55. The third-order valence-electron chi connectivity index (χ3n) is 2.40. The van der Waals surface area contributed by atoms with E-state index in [2.05, 4.69) is 16.6 Å². The fraction of sp³-hybridized carbons (Fsp3) is 0.600. The molecule has 0 atom stereocenters. The fourth-order valence-corrected chi connectivity index (χ4v) is 1.55. The molecule has 5 heteroatoms. The molecular formula is C10H18N4O. The largest absolute Gasteiger partial charge is 0.381 e. The maximum atomic E-state index is 8.94. The Morgan fingerprint density at radius 2 is 2.07 bits per heavy atom. The van der Waals surface area contributed by atoms with E-state index < -0.39 is 0 Å². The number of nitrogens with one attached hydrogen (secondary N) is 1. The topological polar surface area (TPSA) is 62.9 Å². The number of aliphatic imine (C=N–C) groups is 1. The van der Waals surface area contributed by atoms with Gasteiger partial charge in [-0.3, -0.25) is 4.90 Å². The van der Waals surface area contributed by atoms with E-state index in [0.29, 0.717) is 5.71 Å². The Labute approximate surface area is 90.2 Å². The molecule has 0 aromatic carbocycles. The van der Waals surface area contributed by atoms with Crippen LogP contribution in [0.25, 0.3) is 0 Å². The van der Waals surface area contributed by atoms with Crippen molar-refractivity contribution < 1.29 is 5.11 Å². The molecule has 5 nitrogen and oxygen atoms in total. The van der Waals surface area contributed by atoms with Crippen molar-refractivity contribution in [1.29, 1.82) is 5.41 Å². The molecule has 1 fully saturated rings. The first-order valence-corrected chi connectivity index (χ1v) is 4.99. The number of hydrogen-bond donors (Lipinski definition) is 2. The second-order valence-corrected chi connectivity index (χ2v) is 3.59. The Kier molecular flexibility index (Phi) is 4.45. The molecule has 1 saturated heterocycles. The van der Waals surface area contributed by atoms with Crippen LogP contribution < -0.4 is 0 Å². The summed E-state index contributed by atoms with van der Waals surface area (Å²) in [5.74, 6) is 0.750. The predicted molar refractivity (Wildman–Crippen MR) is 61.3 cm³/mol. The summed E-state index contributed by atoms with van der Waals surface area (Å²) in [6.45, 7) is 8.61. The summed E-state index contributed by atoms with van der Waals surface area (Å²) in [6.07, 6.45) is 1.71. The van der Waals surface area contributed by atoms with E-state index >= 15 is 0 Å². The maximum absolute atomic E-state index is 8.94. The van der Waals surface area contributed by atoms with Crippen LogP contribution in [0.15, 0.2) is 16.9 Å². The van der Waals surface area contributed by atoms with Gasteiger partial charge in [-0.25, -0.2) is 4.99 Å². The molecule has 2 N–H and O–H groups in total. The van der Waals surface area contributed by atoms with Gasteiger partial charge in [0.25, 0.3) is 0 Å². The number of hydrogen-bond acceptors (Lipinski definition) is 5. The Bertz CT molecular complexity index is 267. The van der Waals surface area contributed by atoms with Gasteiger partial charge in [0.2, 0.25) is 0 Å².